The van der Waals surface area contributed by atoms with Gasteiger partial charge in [-0.3, -0.25) is 4.40 Å². The zero-order chi connectivity index (χ0) is 17.3. The first-order chi connectivity index (χ1) is 12.9. The van der Waals surface area contributed by atoms with Gasteiger partial charge in [0.2, 0.25) is 0 Å². The van der Waals surface area contributed by atoms with E-state index in [4.69, 9.17) is 0 Å². The summed E-state index contributed by atoms with van der Waals surface area (Å²) in [6, 6.07) is 13.7. The summed E-state index contributed by atoms with van der Waals surface area (Å²) in [6.45, 7) is 3.02. The van der Waals surface area contributed by atoms with Gasteiger partial charge in [0.05, 0.1) is 6.54 Å². The first-order valence-electron chi connectivity index (χ1n) is 9.75. The lowest BCUT2D eigenvalue weighted by Gasteiger charge is -2.34. The summed E-state index contributed by atoms with van der Waals surface area (Å²) in [7, 11) is 0. The van der Waals surface area contributed by atoms with Crippen LogP contribution < -0.4 is 10.2 Å². The van der Waals surface area contributed by atoms with Crippen LogP contribution in [0, 0.1) is 0 Å². The molecular weight excluding hydrogens is 322 g/mol. The molecule has 0 spiro atoms. The number of aryl methyl sites for hydroxylation is 2. The second-order valence-electron chi connectivity index (χ2n) is 7.49. The Morgan fingerprint density at radius 2 is 1.88 bits per heavy atom. The van der Waals surface area contributed by atoms with Crippen molar-refractivity contribution in [2.24, 2.45) is 0 Å². The minimum Gasteiger partial charge on any atom is -0.371 e. The molecular formula is C21H25N5. The molecule has 0 atom stereocenters. The van der Waals surface area contributed by atoms with Crippen molar-refractivity contribution in [2.45, 2.75) is 44.7 Å². The third-order valence-corrected chi connectivity index (χ3v) is 5.88. The van der Waals surface area contributed by atoms with Gasteiger partial charge in [0.25, 0.3) is 0 Å². The summed E-state index contributed by atoms with van der Waals surface area (Å²) < 4.78 is 2.06. The van der Waals surface area contributed by atoms with E-state index < -0.39 is 0 Å². The maximum absolute atomic E-state index is 4.32. The number of hydrogen-bond donors (Lipinski definition) is 1. The molecule has 3 heterocycles. The van der Waals surface area contributed by atoms with Crippen molar-refractivity contribution in [1.82, 2.24) is 19.9 Å². The number of benzene rings is 1. The maximum atomic E-state index is 4.32. The van der Waals surface area contributed by atoms with Crippen LogP contribution >= 0.6 is 0 Å². The van der Waals surface area contributed by atoms with E-state index in [1.807, 2.05) is 24.4 Å². The highest BCUT2D eigenvalue weighted by Crippen LogP contribution is 2.28. The molecule has 1 aliphatic carbocycles. The van der Waals surface area contributed by atoms with Gasteiger partial charge in [0.15, 0.2) is 11.5 Å². The Labute approximate surface area is 154 Å². The van der Waals surface area contributed by atoms with Crippen molar-refractivity contribution in [3.8, 4) is 0 Å². The second kappa shape index (κ2) is 6.72. The molecule has 5 nitrogen and oxygen atoms in total. The number of nitrogens with one attached hydrogen (secondary N) is 1. The van der Waals surface area contributed by atoms with Crippen molar-refractivity contribution in [3.05, 3.63) is 59.5 Å². The Balaban J connectivity index is 1.18. The molecule has 5 heteroatoms. The van der Waals surface area contributed by atoms with Gasteiger partial charge in [0, 0.05) is 31.0 Å². The van der Waals surface area contributed by atoms with Crippen LogP contribution in [0.2, 0.25) is 0 Å². The lowest BCUT2D eigenvalue weighted by Crippen LogP contribution is -2.42. The number of fused-ring (bicyclic) bond motifs is 2. The minimum absolute atomic E-state index is 0.553. The smallest absolute Gasteiger partial charge is 0.160 e. The van der Waals surface area contributed by atoms with Crippen LogP contribution in [0.1, 0.15) is 36.2 Å². The van der Waals surface area contributed by atoms with Crippen LogP contribution in [-0.2, 0) is 19.4 Å². The highest BCUT2D eigenvalue weighted by molar-refractivity contribution is 5.52. The van der Waals surface area contributed by atoms with Gasteiger partial charge in [-0.05, 0) is 67.5 Å². The molecule has 5 rings (SSSR count). The quantitative estimate of drug-likeness (QED) is 0.788. The predicted octanol–water partition coefficient (Wildman–Crippen LogP) is 2.98. The summed E-state index contributed by atoms with van der Waals surface area (Å²) in [5.74, 6) is 0.988. The number of hydrogen-bond acceptors (Lipinski definition) is 4. The molecule has 0 saturated carbocycles. The van der Waals surface area contributed by atoms with E-state index in [9.17, 15) is 0 Å². The first kappa shape index (κ1) is 15.8. The lowest BCUT2D eigenvalue weighted by atomic mass is 10.0. The number of piperidine rings is 1. The lowest BCUT2D eigenvalue weighted by molar-refractivity contribution is 0.409. The normalized spacial score (nSPS) is 17.8. The average Bonchev–Trinajstić information content (AvgIpc) is 3.33. The van der Waals surface area contributed by atoms with E-state index in [2.05, 4.69) is 43.0 Å². The Morgan fingerprint density at radius 1 is 1.00 bits per heavy atom. The molecule has 1 aliphatic heterocycles. The maximum Gasteiger partial charge on any atom is 0.160 e. The molecule has 26 heavy (non-hydrogen) atoms. The molecule has 1 aromatic carbocycles. The zero-order valence-corrected chi connectivity index (χ0v) is 15.1. The summed E-state index contributed by atoms with van der Waals surface area (Å²) in [6.07, 6.45) is 8.22. The van der Waals surface area contributed by atoms with Gasteiger partial charge in [-0.2, -0.15) is 0 Å². The van der Waals surface area contributed by atoms with Crippen LogP contribution in [0.5, 0.6) is 0 Å². The van der Waals surface area contributed by atoms with E-state index in [0.717, 1.165) is 31.1 Å². The molecule has 0 bridgehead atoms. The van der Waals surface area contributed by atoms with Gasteiger partial charge in [0.1, 0.15) is 0 Å². The van der Waals surface area contributed by atoms with Crippen LogP contribution in [0.4, 0.5) is 5.69 Å². The van der Waals surface area contributed by atoms with E-state index in [1.54, 1.807) is 11.1 Å². The summed E-state index contributed by atoms with van der Waals surface area (Å²) in [5, 5.41) is 12.2. The van der Waals surface area contributed by atoms with Crippen LogP contribution in [0.3, 0.4) is 0 Å². The number of anilines is 1. The van der Waals surface area contributed by atoms with E-state index in [-0.39, 0.29) is 0 Å². The molecule has 0 amide bonds. The van der Waals surface area contributed by atoms with Crippen molar-refractivity contribution in [1.29, 1.82) is 0 Å². The molecule has 1 saturated heterocycles. The van der Waals surface area contributed by atoms with Gasteiger partial charge >= 0.3 is 0 Å². The monoisotopic (exact) mass is 347 g/mol. The highest BCUT2D eigenvalue weighted by atomic mass is 15.3. The van der Waals surface area contributed by atoms with Crippen LogP contribution in [0.15, 0.2) is 42.6 Å². The van der Waals surface area contributed by atoms with Crippen molar-refractivity contribution in [3.63, 3.8) is 0 Å². The fourth-order valence-electron chi connectivity index (χ4n) is 4.34. The van der Waals surface area contributed by atoms with E-state index in [1.165, 1.54) is 37.8 Å². The summed E-state index contributed by atoms with van der Waals surface area (Å²) in [5.41, 5.74) is 5.45. The topological polar surface area (TPSA) is 45.5 Å². The fraction of sp³-hybridized carbons (Fsp3) is 0.429. The Hall–Kier alpha value is -2.40. The van der Waals surface area contributed by atoms with Gasteiger partial charge < -0.3 is 10.2 Å². The SMILES string of the molecule is c1ccn2c(CNC3CCN(c4ccc5c(c4)CCC5)CC3)nnc2c1. The Kier molecular flexibility index (Phi) is 4.09. The highest BCUT2D eigenvalue weighted by Gasteiger charge is 2.21. The molecule has 134 valence electrons. The molecule has 2 aliphatic rings. The molecule has 0 radical (unpaired) electrons. The summed E-state index contributed by atoms with van der Waals surface area (Å²) in [4.78, 5) is 2.54. The molecule has 2 aromatic heterocycles. The predicted molar refractivity (Wildman–Crippen MR) is 104 cm³/mol. The molecule has 1 N–H and O–H groups in total. The summed E-state index contributed by atoms with van der Waals surface area (Å²) >= 11 is 0. The van der Waals surface area contributed by atoms with E-state index >= 15 is 0 Å². The van der Waals surface area contributed by atoms with Crippen molar-refractivity contribution in [2.75, 3.05) is 18.0 Å². The van der Waals surface area contributed by atoms with Crippen molar-refractivity contribution < 1.29 is 0 Å². The standard InChI is InChI=1S/C21H25N5/c1-2-11-26-20(6-1)23-24-21(26)15-22-18-9-12-25(13-10-18)19-8-7-16-4-3-5-17(16)14-19/h1-2,6-8,11,14,18,22H,3-5,9-10,12-13,15H2. The molecule has 0 unspecified atom stereocenters. The number of aromatic nitrogens is 3. The average molecular weight is 347 g/mol. The number of nitrogens with zero attached hydrogens (tertiary/aromatic N) is 4. The second-order valence-corrected chi connectivity index (χ2v) is 7.49. The number of pyridine rings is 1. The van der Waals surface area contributed by atoms with Crippen molar-refractivity contribution >= 4 is 11.3 Å². The zero-order valence-electron chi connectivity index (χ0n) is 15.1. The minimum atomic E-state index is 0.553. The molecule has 3 aromatic rings. The van der Waals surface area contributed by atoms with Crippen LogP contribution in [0.25, 0.3) is 5.65 Å². The third kappa shape index (κ3) is 2.97. The number of rotatable bonds is 4. The van der Waals surface area contributed by atoms with Gasteiger partial charge in [-0.15, -0.1) is 10.2 Å². The van der Waals surface area contributed by atoms with Gasteiger partial charge in [-0.25, -0.2) is 0 Å². The molecule has 1 fully saturated rings. The van der Waals surface area contributed by atoms with Gasteiger partial charge in [-0.1, -0.05) is 12.1 Å². The fourth-order valence-corrected chi connectivity index (χ4v) is 4.34. The first-order valence-corrected chi connectivity index (χ1v) is 9.75. The Morgan fingerprint density at radius 3 is 2.81 bits per heavy atom. The van der Waals surface area contributed by atoms with E-state index in [0.29, 0.717) is 6.04 Å². The Bertz CT molecular complexity index is 908. The largest absolute Gasteiger partial charge is 0.371 e. The third-order valence-electron chi connectivity index (χ3n) is 5.88. The van der Waals surface area contributed by atoms with Crippen LogP contribution in [-0.4, -0.2) is 33.7 Å².